The van der Waals surface area contributed by atoms with E-state index in [2.05, 4.69) is 41.3 Å². The van der Waals surface area contributed by atoms with Gasteiger partial charge in [0, 0.05) is 58.6 Å². The molecule has 6 heteroatoms. The summed E-state index contributed by atoms with van der Waals surface area (Å²) in [7, 11) is 1.84. The molecule has 0 bridgehead atoms. The monoisotopic (exact) mass is 382 g/mol. The Morgan fingerprint density at radius 3 is 2.70 bits per heavy atom. The van der Waals surface area contributed by atoms with Crippen LogP contribution in [0.2, 0.25) is 0 Å². The van der Waals surface area contributed by atoms with E-state index < -0.39 is 0 Å². The minimum atomic E-state index is 0.138. The van der Waals surface area contributed by atoms with Crippen molar-refractivity contribution in [2.75, 3.05) is 59.7 Å². The van der Waals surface area contributed by atoms with Crippen LogP contribution in [0.1, 0.15) is 52.9 Å². The van der Waals surface area contributed by atoms with Gasteiger partial charge in [-0.3, -0.25) is 9.89 Å². The fourth-order valence-electron chi connectivity index (χ4n) is 3.92. The third-order valence-corrected chi connectivity index (χ3v) is 5.88. The van der Waals surface area contributed by atoms with Crippen molar-refractivity contribution in [3.63, 3.8) is 0 Å². The van der Waals surface area contributed by atoms with Crippen molar-refractivity contribution in [1.29, 1.82) is 0 Å². The van der Waals surface area contributed by atoms with Crippen LogP contribution in [0.5, 0.6) is 0 Å². The normalized spacial score (nSPS) is 23.4. The maximum atomic E-state index is 5.83. The van der Waals surface area contributed by atoms with E-state index in [1.54, 1.807) is 0 Å². The van der Waals surface area contributed by atoms with E-state index in [0.717, 1.165) is 70.7 Å². The minimum Gasteiger partial charge on any atom is -0.381 e. The zero-order valence-electron chi connectivity index (χ0n) is 18.1. The van der Waals surface area contributed by atoms with Gasteiger partial charge in [0.25, 0.3) is 0 Å². The molecular formula is C21H42N4O2. The number of nitrogens with one attached hydrogen (secondary N) is 2. The zero-order chi connectivity index (χ0) is 19.5. The van der Waals surface area contributed by atoms with Gasteiger partial charge < -0.3 is 20.1 Å². The topological polar surface area (TPSA) is 58.1 Å². The van der Waals surface area contributed by atoms with Crippen LogP contribution in [-0.2, 0) is 9.47 Å². The van der Waals surface area contributed by atoms with Crippen LogP contribution in [0.15, 0.2) is 4.99 Å². The second kappa shape index (κ2) is 11.9. The summed E-state index contributed by atoms with van der Waals surface area (Å²) in [5.74, 6) is 2.37. The summed E-state index contributed by atoms with van der Waals surface area (Å²) in [6.07, 6.45) is 5.95. The summed E-state index contributed by atoms with van der Waals surface area (Å²) in [4.78, 5) is 6.98. The average Bonchev–Trinajstić information content (AvgIpc) is 2.67. The Labute approximate surface area is 166 Å². The lowest BCUT2D eigenvalue weighted by Crippen LogP contribution is -2.56. The van der Waals surface area contributed by atoms with Crippen LogP contribution in [0.4, 0.5) is 0 Å². The maximum absolute atomic E-state index is 5.83. The van der Waals surface area contributed by atoms with Gasteiger partial charge >= 0.3 is 0 Å². The highest BCUT2D eigenvalue weighted by Crippen LogP contribution is 2.23. The average molecular weight is 383 g/mol. The van der Waals surface area contributed by atoms with Crippen molar-refractivity contribution in [3.05, 3.63) is 0 Å². The van der Waals surface area contributed by atoms with Gasteiger partial charge in [-0.1, -0.05) is 6.92 Å². The van der Waals surface area contributed by atoms with Crippen LogP contribution in [0.3, 0.4) is 0 Å². The smallest absolute Gasteiger partial charge is 0.191 e. The molecule has 2 rings (SSSR count). The van der Waals surface area contributed by atoms with Crippen molar-refractivity contribution >= 4 is 5.96 Å². The molecule has 0 saturated carbocycles. The number of nitrogens with zero attached hydrogens (tertiary/aromatic N) is 2. The van der Waals surface area contributed by atoms with E-state index in [1.807, 2.05) is 7.05 Å². The molecule has 6 nitrogen and oxygen atoms in total. The van der Waals surface area contributed by atoms with Gasteiger partial charge in [-0.15, -0.1) is 0 Å². The van der Waals surface area contributed by atoms with Gasteiger partial charge in [-0.2, -0.15) is 0 Å². The molecule has 0 radical (unpaired) electrons. The molecular weight excluding hydrogens is 340 g/mol. The first-order chi connectivity index (χ1) is 13.0. The standard InChI is InChI=1S/C21H42N4O2/c1-18-7-5-11-25(15-18)21(2,3)17-24-20(22-4)23-10-6-12-27-16-19-8-13-26-14-9-19/h18-19H,5-17H2,1-4H3,(H2,22,23,24). The van der Waals surface area contributed by atoms with Crippen molar-refractivity contribution < 1.29 is 9.47 Å². The van der Waals surface area contributed by atoms with Gasteiger partial charge in [-0.05, 0) is 64.3 Å². The Morgan fingerprint density at radius 2 is 2.00 bits per heavy atom. The van der Waals surface area contributed by atoms with Crippen LogP contribution < -0.4 is 10.6 Å². The summed E-state index contributed by atoms with van der Waals surface area (Å²) in [5, 5.41) is 6.92. The molecule has 2 aliphatic heterocycles. The van der Waals surface area contributed by atoms with Crippen molar-refractivity contribution in [1.82, 2.24) is 15.5 Å². The number of hydrogen-bond donors (Lipinski definition) is 2. The minimum absolute atomic E-state index is 0.138. The molecule has 2 aliphatic rings. The lowest BCUT2D eigenvalue weighted by atomic mass is 9.93. The van der Waals surface area contributed by atoms with Gasteiger partial charge in [0.1, 0.15) is 0 Å². The second-order valence-corrected chi connectivity index (χ2v) is 8.84. The second-order valence-electron chi connectivity index (χ2n) is 8.84. The predicted octanol–water partition coefficient (Wildman–Crippen LogP) is 2.50. The molecule has 1 atom stereocenters. The van der Waals surface area contributed by atoms with Crippen LogP contribution in [0.25, 0.3) is 0 Å². The first-order valence-corrected chi connectivity index (χ1v) is 10.9. The van der Waals surface area contributed by atoms with Gasteiger partial charge in [0.15, 0.2) is 5.96 Å². The van der Waals surface area contributed by atoms with E-state index in [0.29, 0.717) is 5.92 Å². The van der Waals surface area contributed by atoms with Crippen molar-refractivity contribution in [2.24, 2.45) is 16.8 Å². The SMILES string of the molecule is CN=C(NCCCOCC1CCOCC1)NCC(C)(C)N1CCCC(C)C1. The number of rotatable bonds is 9. The van der Waals surface area contributed by atoms with Crippen LogP contribution in [-0.4, -0.2) is 76.1 Å². The first-order valence-electron chi connectivity index (χ1n) is 10.9. The molecule has 2 N–H and O–H groups in total. The first kappa shape index (κ1) is 22.4. The Bertz CT molecular complexity index is 436. The summed E-state index contributed by atoms with van der Waals surface area (Å²) in [6, 6.07) is 0. The zero-order valence-corrected chi connectivity index (χ0v) is 18.1. The number of likely N-dealkylation sites (tertiary alicyclic amines) is 1. The van der Waals surface area contributed by atoms with Gasteiger partial charge in [-0.25, -0.2) is 0 Å². The lowest BCUT2D eigenvalue weighted by molar-refractivity contribution is 0.0203. The number of aliphatic imine (C=N–C) groups is 1. The molecule has 1 unspecified atom stereocenters. The number of ether oxygens (including phenoxy) is 2. The Kier molecular flexibility index (Phi) is 9.87. The Hall–Kier alpha value is -0.850. The largest absolute Gasteiger partial charge is 0.381 e. The number of piperidine rings is 1. The summed E-state index contributed by atoms with van der Waals surface area (Å²) in [6.45, 7) is 14.7. The highest BCUT2D eigenvalue weighted by molar-refractivity contribution is 5.79. The molecule has 2 fully saturated rings. The lowest BCUT2D eigenvalue weighted by Gasteiger charge is -2.43. The van der Waals surface area contributed by atoms with Crippen molar-refractivity contribution in [3.8, 4) is 0 Å². The summed E-state index contributed by atoms with van der Waals surface area (Å²) in [5.41, 5.74) is 0.138. The Balaban J connectivity index is 1.56. The molecule has 0 aromatic carbocycles. The number of hydrogen-bond acceptors (Lipinski definition) is 4. The molecule has 158 valence electrons. The van der Waals surface area contributed by atoms with E-state index in [-0.39, 0.29) is 5.54 Å². The molecule has 0 spiro atoms. The van der Waals surface area contributed by atoms with E-state index in [9.17, 15) is 0 Å². The van der Waals surface area contributed by atoms with Gasteiger partial charge in [0.2, 0.25) is 0 Å². The summed E-state index contributed by atoms with van der Waals surface area (Å²) < 4.78 is 11.2. The summed E-state index contributed by atoms with van der Waals surface area (Å²) >= 11 is 0. The number of guanidine groups is 1. The fourth-order valence-corrected chi connectivity index (χ4v) is 3.92. The van der Waals surface area contributed by atoms with Gasteiger partial charge in [0.05, 0.1) is 0 Å². The third kappa shape index (κ3) is 8.36. The third-order valence-electron chi connectivity index (χ3n) is 5.88. The Morgan fingerprint density at radius 1 is 1.22 bits per heavy atom. The highest BCUT2D eigenvalue weighted by atomic mass is 16.5. The molecule has 2 saturated heterocycles. The van der Waals surface area contributed by atoms with E-state index in [4.69, 9.17) is 9.47 Å². The van der Waals surface area contributed by atoms with E-state index >= 15 is 0 Å². The highest BCUT2D eigenvalue weighted by Gasteiger charge is 2.30. The molecule has 0 aromatic heterocycles. The molecule has 0 aliphatic carbocycles. The molecule has 2 heterocycles. The van der Waals surface area contributed by atoms with E-state index in [1.165, 1.54) is 25.9 Å². The molecule has 27 heavy (non-hydrogen) atoms. The quantitative estimate of drug-likeness (QED) is 0.364. The fraction of sp³-hybridized carbons (Fsp3) is 0.952. The predicted molar refractivity (Wildman–Crippen MR) is 112 cm³/mol. The maximum Gasteiger partial charge on any atom is 0.191 e. The van der Waals surface area contributed by atoms with Crippen LogP contribution in [0, 0.1) is 11.8 Å². The molecule has 0 amide bonds. The van der Waals surface area contributed by atoms with Crippen molar-refractivity contribution in [2.45, 2.75) is 58.4 Å². The molecule has 0 aromatic rings. The van der Waals surface area contributed by atoms with Crippen LogP contribution >= 0.6 is 0 Å².